The number of primary amides is 1. The second-order valence-electron chi connectivity index (χ2n) is 8.74. The molecule has 154 valence electrons. The second-order valence-corrected chi connectivity index (χ2v) is 9.98. The zero-order valence-electron chi connectivity index (χ0n) is 16.6. The largest absolute Gasteiger partial charge is 0.443 e. The molecule has 1 aliphatic heterocycles. The molecule has 0 saturated heterocycles. The molecule has 3 rings (SSSR count). The molecule has 1 saturated carbocycles. The molecule has 1 fully saturated rings. The highest BCUT2D eigenvalue weighted by Crippen LogP contribution is 2.54. The summed E-state index contributed by atoms with van der Waals surface area (Å²) in [5.41, 5.74) is 5.31. The molecule has 1 spiro atoms. The summed E-state index contributed by atoms with van der Waals surface area (Å²) in [5, 5.41) is 0.578. The van der Waals surface area contributed by atoms with Gasteiger partial charge in [-0.25, -0.2) is 9.78 Å². The quantitative estimate of drug-likeness (QED) is 0.726. The average Bonchev–Trinajstić information content (AvgIpc) is 3.12. The number of amides is 2. The predicted octanol–water partition coefficient (Wildman–Crippen LogP) is 3.46. The molecule has 2 aliphatic rings. The van der Waals surface area contributed by atoms with Crippen molar-refractivity contribution >= 4 is 45.3 Å². The van der Waals surface area contributed by atoms with Gasteiger partial charge in [0.1, 0.15) is 11.4 Å². The summed E-state index contributed by atoms with van der Waals surface area (Å²) in [4.78, 5) is 32.2. The number of rotatable bonds is 3. The number of anilines is 1. The van der Waals surface area contributed by atoms with Gasteiger partial charge < -0.3 is 10.5 Å². The van der Waals surface area contributed by atoms with Crippen LogP contribution in [0, 0.1) is 0 Å². The molecule has 2 heterocycles. The molecule has 0 bridgehead atoms. The van der Waals surface area contributed by atoms with E-state index in [-0.39, 0.29) is 23.9 Å². The van der Waals surface area contributed by atoms with Crippen molar-refractivity contribution in [3.8, 4) is 0 Å². The first kappa shape index (κ1) is 21.3. The Balaban J connectivity index is 1.96. The van der Waals surface area contributed by atoms with E-state index in [9.17, 15) is 9.59 Å². The lowest BCUT2D eigenvalue weighted by Crippen LogP contribution is -2.41. The lowest BCUT2D eigenvalue weighted by Gasteiger charge is -2.29. The molecule has 2 N–H and O–H groups in total. The third-order valence-electron chi connectivity index (χ3n) is 5.42. The fourth-order valence-electron chi connectivity index (χ4n) is 4.28. The number of hydrogen-bond acceptors (Lipinski definition) is 5. The zero-order chi connectivity index (χ0) is 20.9. The summed E-state index contributed by atoms with van der Waals surface area (Å²) >= 11 is 10.1. The summed E-state index contributed by atoms with van der Waals surface area (Å²) in [7, 11) is 1.90. The smallest absolute Gasteiger partial charge is 0.416 e. The minimum Gasteiger partial charge on any atom is -0.443 e. The Morgan fingerprint density at radius 1 is 1.50 bits per heavy atom. The van der Waals surface area contributed by atoms with Crippen molar-refractivity contribution < 1.29 is 14.3 Å². The lowest BCUT2D eigenvalue weighted by molar-refractivity contribution is -0.119. The van der Waals surface area contributed by atoms with Crippen LogP contribution >= 0.6 is 27.5 Å². The van der Waals surface area contributed by atoms with Crippen molar-refractivity contribution in [3.05, 3.63) is 21.3 Å². The Hall–Kier alpha value is -1.38. The van der Waals surface area contributed by atoms with Crippen LogP contribution in [-0.2, 0) is 14.9 Å². The first-order valence-corrected chi connectivity index (χ1v) is 10.4. The Morgan fingerprint density at radius 3 is 2.79 bits per heavy atom. The number of ether oxygens (including phenoxy) is 1. The third kappa shape index (κ3) is 4.00. The van der Waals surface area contributed by atoms with Crippen LogP contribution in [0.2, 0.25) is 5.02 Å². The predicted molar refractivity (Wildman–Crippen MR) is 112 cm³/mol. The Labute approximate surface area is 178 Å². The number of nitrogens with zero attached hydrogens (tertiary/aromatic N) is 3. The van der Waals surface area contributed by atoms with Crippen molar-refractivity contribution in [1.82, 2.24) is 9.88 Å². The number of halogens is 2. The fourth-order valence-corrected chi connectivity index (χ4v) is 4.91. The van der Waals surface area contributed by atoms with Gasteiger partial charge in [0, 0.05) is 29.8 Å². The van der Waals surface area contributed by atoms with Gasteiger partial charge in [0.25, 0.3) is 0 Å². The number of carbonyl (C=O) groups excluding carboxylic acids is 2. The highest BCUT2D eigenvalue weighted by Gasteiger charge is 2.52. The maximum atomic E-state index is 12.9. The SMILES string of the molecule is CN(CC(N)=O)C1CCC2(C1)CN(C(=O)OC(C)(C)C)c1ncc(Br)c(Cl)c12. The summed E-state index contributed by atoms with van der Waals surface area (Å²) in [6, 6.07) is 0.175. The first-order chi connectivity index (χ1) is 12.9. The van der Waals surface area contributed by atoms with Crippen molar-refractivity contribution in [1.29, 1.82) is 0 Å². The summed E-state index contributed by atoms with van der Waals surface area (Å²) in [6.07, 6.45) is 3.67. The summed E-state index contributed by atoms with van der Waals surface area (Å²) in [5.74, 6) is 0.203. The standard InChI is InChI=1S/C19H26BrClN4O3/c1-18(2,3)28-17(27)25-10-19(14-15(21)12(20)8-23-16(14)25)6-5-11(7-19)24(4)9-13(22)26/h8,11H,5-7,9-10H2,1-4H3,(H2,22,26). The van der Waals surface area contributed by atoms with Crippen LogP contribution in [0.25, 0.3) is 0 Å². The Morgan fingerprint density at radius 2 is 2.18 bits per heavy atom. The number of nitrogens with two attached hydrogens (primary N) is 1. The van der Waals surface area contributed by atoms with E-state index in [0.29, 0.717) is 21.9 Å². The third-order valence-corrected chi connectivity index (χ3v) is 6.65. The van der Waals surface area contributed by atoms with Crippen molar-refractivity contribution in [2.45, 2.75) is 57.1 Å². The first-order valence-electron chi connectivity index (χ1n) is 9.27. The highest BCUT2D eigenvalue weighted by molar-refractivity contribution is 9.10. The number of carbonyl (C=O) groups is 2. The van der Waals surface area contributed by atoms with E-state index >= 15 is 0 Å². The number of hydrogen-bond donors (Lipinski definition) is 1. The Bertz CT molecular complexity index is 813. The van der Waals surface area contributed by atoms with E-state index in [2.05, 4.69) is 20.9 Å². The van der Waals surface area contributed by atoms with Crippen LogP contribution in [-0.4, -0.2) is 53.7 Å². The topological polar surface area (TPSA) is 88.8 Å². The van der Waals surface area contributed by atoms with E-state index in [1.807, 2.05) is 32.7 Å². The molecule has 9 heteroatoms. The normalized spacial score (nSPS) is 24.1. The molecule has 1 aromatic rings. The maximum Gasteiger partial charge on any atom is 0.416 e. The van der Waals surface area contributed by atoms with E-state index < -0.39 is 11.7 Å². The minimum absolute atomic E-state index is 0.175. The average molecular weight is 474 g/mol. The van der Waals surface area contributed by atoms with Gasteiger partial charge >= 0.3 is 6.09 Å². The number of aromatic nitrogens is 1. The van der Waals surface area contributed by atoms with E-state index in [1.165, 1.54) is 0 Å². The van der Waals surface area contributed by atoms with Gasteiger partial charge in [-0.15, -0.1) is 0 Å². The van der Waals surface area contributed by atoms with Crippen molar-refractivity contribution in [3.63, 3.8) is 0 Å². The van der Waals surface area contributed by atoms with Crippen LogP contribution in [0.1, 0.15) is 45.6 Å². The maximum absolute atomic E-state index is 12.9. The zero-order valence-corrected chi connectivity index (χ0v) is 18.9. The highest BCUT2D eigenvalue weighted by atomic mass is 79.9. The fraction of sp³-hybridized carbons (Fsp3) is 0.632. The molecular weight excluding hydrogens is 448 g/mol. The number of pyridine rings is 1. The minimum atomic E-state index is -0.605. The molecule has 1 aromatic heterocycles. The molecule has 2 atom stereocenters. The van der Waals surface area contributed by atoms with Crippen LogP contribution in [0.4, 0.5) is 10.6 Å². The van der Waals surface area contributed by atoms with E-state index in [4.69, 9.17) is 22.1 Å². The second kappa shape index (κ2) is 7.46. The number of likely N-dealkylation sites (N-methyl/N-ethyl adjacent to an activating group) is 1. The van der Waals surface area contributed by atoms with Gasteiger partial charge in [0.2, 0.25) is 5.91 Å². The molecule has 0 radical (unpaired) electrons. The van der Waals surface area contributed by atoms with Gasteiger partial charge in [-0.05, 0) is 63.0 Å². The van der Waals surface area contributed by atoms with Crippen LogP contribution in [0.5, 0.6) is 0 Å². The molecule has 1 aliphatic carbocycles. The molecule has 28 heavy (non-hydrogen) atoms. The van der Waals surface area contributed by atoms with Crippen LogP contribution in [0.15, 0.2) is 10.7 Å². The van der Waals surface area contributed by atoms with Gasteiger partial charge in [0.15, 0.2) is 0 Å². The van der Waals surface area contributed by atoms with E-state index in [0.717, 1.165) is 24.8 Å². The van der Waals surface area contributed by atoms with Crippen LogP contribution in [0.3, 0.4) is 0 Å². The molecular formula is C19H26BrClN4O3. The molecule has 0 aromatic carbocycles. The van der Waals surface area contributed by atoms with Gasteiger partial charge in [0.05, 0.1) is 16.0 Å². The lowest BCUT2D eigenvalue weighted by atomic mass is 9.81. The monoisotopic (exact) mass is 472 g/mol. The van der Waals surface area contributed by atoms with Crippen LogP contribution < -0.4 is 10.6 Å². The molecule has 7 nitrogen and oxygen atoms in total. The number of fused-ring (bicyclic) bond motifs is 2. The van der Waals surface area contributed by atoms with Gasteiger partial charge in [-0.3, -0.25) is 14.6 Å². The van der Waals surface area contributed by atoms with Gasteiger partial charge in [-0.2, -0.15) is 0 Å². The summed E-state index contributed by atoms with van der Waals surface area (Å²) in [6.45, 7) is 6.17. The Kier molecular flexibility index (Phi) is 5.68. The van der Waals surface area contributed by atoms with Crippen molar-refractivity contribution in [2.24, 2.45) is 5.73 Å². The molecule has 2 amide bonds. The van der Waals surface area contributed by atoms with Crippen molar-refractivity contribution in [2.75, 3.05) is 25.0 Å². The van der Waals surface area contributed by atoms with E-state index in [1.54, 1.807) is 11.1 Å². The summed E-state index contributed by atoms with van der Waals surface area (Å²) < 4.78 is 6.30. The molecule has 2 unspecified atom stereocenters. The van der Waals surface area contributed by atoms with Gasteiger partial charge in [-0.1, -0.05) is 11.6 Å².